The molecule has 0 spiro atoms. The number of nitrogens with one attached hydrogen (secondary N) is 1. The number of anilines is 1. The fourth-order valence-electron chi connectivity index (χ4n) is 4.05. The second kappa shape index (κ2) is 12.7. The Kier molecular flexibility index (Phi) is 8.24. The first-order valence-electron chi connectivity index (χ1n) is 12.8. The van der Waals surface area contributed by atoms with E-state index in [4.69, 9.17) is 19.8 Å². The van der Waals surface area contributed by atoms with Gasteiger partial charge in [0, 0.05) is 11.3 Å². The number of para-hydroxylation sites is 2. The Morgan fingerprint density at radius 1 is 1.14 bits per heavy atom. The van der Waals surface area contributed by atoms with Crippen LogP contribution in [0, 0.1) is 0 Å². The first kappa shape index (κ1) is 27.9. The van der Waals surface area contributed by atoms with Crippen LogP contribution in [0.25, 0.3) is 16.0 Å². The number of aromatic nitrogens is 6. The molecule has 0 unspecified atom stereocenters. The summed E-state index contributed by atoms with van der Waals surface area (Å²) in [7, 11) is 1.63. The number of fused-ring (bicyclic) bond motifs is 1. The Bertz CT molecular complexity index is 1870. The van der Waals surface area contributed by atoms with Gasteiger partial charge in [0.1, 0.15) is 23.8 Å². The lowest BCUT2D eigenvalue weighted by Gasteiger charge is -2.09. The Hall–Kier alpha value is -5.28. The number of nitrogens with two attached hydrogens (primary N) is 1. The fraction of sp³-hybridized carbons (Fsp3) is 0.107. The number of benzene rings is 3. The van der Waals surface area contributed by atoms with Crippen molar-refractivity contribution < 1.29 is 18.9 Å². The Morgan fingerprint density at radius 3 is 2.77 bits per heavy atom. The van der Waals surface area contributed by atoms with Crippen molar-refractivity contribution in [2.75, 3.05) is 12.8 Å². The molecule has 0 bridgehead atoms. The largest absolute Gasteiger partial charge is 0.496 e. The minimum absolute atomic E-state index is 0.0209. The zero-order valence-corrected chi connectivity index (χ0v) is 24.2. The molecule has 0 fully saturated rings. The van der Waals surface area contributed by atoms with Crippen LogP contribution in [-0.2, 0) is 12.4 Å². The lowest BCUT2D eigenvalue weighted by atomic mass is 10.1. The van der Waals surface area contributed by atoms with Crippen LogP contribution in [0.2, 0.25) is 0 Å². The highest BCUT2D eigenvalue weighted by Crippen LogP contribution is 2.33. The van der Waals surface area contributed by atoms with Gasteiger partial charge in [0.05, 0.1) is 23.5 Å². The molecule has 6 rings (SSSR count). The highest BCUT2D eigenvalue weighted by atomic mass is 32.2. The molecule has 43 heavy (non-hydrogen) atoms. The number of nitrogen functional groups attached to an aromatic ring is 1. The summed E-state index contributed by atoms with van der Waals surface area (Å²) in [5.74, 6) is 1.43. The van der Waals surface area contributed by atoms with Crippen LogP contribution >= 0.6 is 23.1 Å². The van der Waals surface area contributed by atoms with Crippen molar-refractivity contribution in [1.29, 1.82) is 0 Å². The van der Waals surface area contributed by atoms with Gasteiger partial charge in [-0.1, -0.05) is 47.3 Å². The summed E-state index contributed by atoms with van der Waals surface area (Å²) in [4.78, 5) is 17.8. The molecule has 0 saturated heterocycles. The molecule has 0 aliphatic heterocycles. The Morgan fingerprint density at radius 2 is 1.98 bits per heavy atom. The molecule has 0 saturated carbocycles. The highest BCUT2D eigenvalue weighted by molar-refractivity contribution is 8.00. The summed E-state index contributed by atoms with van der Waals surface area (Å²) in [6.07, 6.45) is 1.54. The number of rotatable bonds is 11. The molecule has 15 heteroatoms. The van der Waals surface area contributed by atoms with Gasteiger partial charge in [0.2, 0.25) is 11.6 Å². The number of thioether (sulfide) groups is 1. The van der Waals surface area contributed by atoms with E-state index in [1.54, 1.807) is 42.3 Å². The van der Waals surface area contributed by atoms with Crippen LogP contribution in [0.4, 0.5) is 5.82 Å². The topological polar surface area (TPSA) is 168 Å². The number of amides is 1. The number of thiazole rings is 1. The molecular weight excluding hydrogens is 591 g/mol. The molecular formula is C28H23N9O4S2. The smallest absolute Gasteiger partial charge is 0.293 e. The van der Waals surface area contributed by atoms with Crippen molar-refractivity contribution in [1.82, 2.24) is 35.7 Å². The van der Waals surface area contributed by atoms with E-state index in [1.807, 2.05) is 54.6 Å². The Labute approximate surface area is 252 Å². The van der Waals surface area contributed by atoms with Crippen molar-refractivity contribution in [2.45, 2.75) is 16.7 Å². The first-order chi connectivity index (χ1) is 21.1. The number of hydrogen-bond acceptors (Lipinski definition) is 13. The van der Waals surface area contributed by atoms with E-state index in [1.165, 1.54) is 10.9 Å². The normalized spacial score (nSPS) is 11.3. The monoisotopic (exact) mass is 613 g/mol. The van der Waals surface area contributed by atoms with Gasteiger partial charge in [-0.25, -0.2) is 15.0 Å². The molecule has 3 aromatic heterocycles. The SMILES string of the molecule is COc1ccc(/C=N/NC(=O)c2nnn(-c3nonc3N)c2COc2ccccc2)cc1CSc1nc2ccccc2s1. The van der Waals surface area contributed by atoms with E-state index in [9.17, 15) is 4.79 Å². The standard InChI is InChI=1S/C28H23N9O4S2/c1-39-22-12-11-17(13-18(22)16-42-28-31-20-9-5-6-10-23(20)43-28)14-30-33-27(38)24-21(15-40-19-7-3-2-4-8-19)37(36-32-24)26-25(29)34-41-35-26/h2-14H,15-16H2,1H3,(H2,29,34)(H,33,38)/b30-14+. The average molecular weight is 614 g/mol. The third-order valence-corrected chi connectivity index (χ3v) is 8.33. The molecule has 0 radical (unpaired) electrons. The van der Waals surface area contributed by atoms with Gasteiger partial charge in [0.15, 0.2) is 10.0 Å². The van der Waals surface area contributed by atoms with E-state index >= 15 is 0 Å². The van der Waals surface area contributed by atoms with Gasteiger partial charge >= 0.3 is 0 Å². The molecule has 0 atom stereocenters. The maximum atomic E-state index is 13.1. The molecule has 216 valence electrons. The zero-order valence-electron chi connectivity index (χ0n) is 22.6. The third-order valence-electron chi connectivity index (χ3n) is 6.10. The molecule has 1 amide bonds. The number of hydrogen-bond donors (Lipinski definition) is 2. The molecule has 3 N–H and O–H groups in total. The minimum atomic E-state index is -0.607. The number of nitrogens with zero attached hydrogens (tertiary/aromatic N) is 7. The van der Waals surface area contributed by atoms with Crippen molar-refractivity contribution >= 4 is 51.3 Å². The second-order valence-electron chi connectivity index (χ2n) is 8.88. The van der Waals surface area contributed by atoms with Gasteiger partial charge in [-0.2, -0.15) is 9.78 Å². The second-order valence-corrected chi connectivity index (χ2v) is 11.1. The molecule has 0 aliphatic rings. The minimum Gasteiger partial charge on any atom is -0.496 e. The predicted octanol–water partition coefficient (Wildman–Crippen LogP) is 4.49. The zero-order chi connectivity index (χ0) is 29.6. The maximum Gasteiger partial charge on any atom is 0.293 e. The maximum absolute atomic E-state index is 13.1. The van der Waals surface area contributed by atoms with Crippen LogP contribution in [0.1, 0.15) is 27.3 Å². The number of methoxy groups -OCH3 is 1. The first-order valence-corrected chi connectivity index (χ1v) is 14.6. The summed E-state index contributed by atoms with van der Waals surface area (Å²) in [5.41, 5.74) is 11.3. The molecule has 3 aromatic carbocycles. The van der Waals surface area contributed by atoms with Crippen LogP contribution in [-0.4, -0.2) is 49.5 Å². The number of carbonyl (C=O) groups is 1. The summed E-state index contributed by atoms with van der Waals surface area (Å²) in [6, 6.07) is 22.8. The van der Waals surface area contributed by atoms with Gasteiger partial charge in [-0.3, -0.25) is 4.79 Å². The summed E-state index contributed by atoms with van der Waals surface area (Å²) in [6.45, 7) is -0.0655. The average Bonchev–Trinajstić information content (AvgIpc) is 3.77. The van der Waals surface area contributed by atoms with E-state index in [-0.39, 0.29) is 29.6 Å². The van der Waals surface area contributed by atoms with Crippen LogP contribution in [0.5, 0.6) is 11.5 Å². The van der Waals surface area contributed by atoms with Crippen LogP contribution < -0.4 is 20.6 Å². The van der Waals surface area contributed by atoms with E-state index in [0.717, 1.165) is 31.4 Å². The molecule has 6 aromatic rings. The fourth-order valence-corrected chi connectivity index (χ4v) is 6.09. The predicted molar refractivity (Wildman–Crippen MR) is 162 cm³/mol. The van der Waals surface area contributed by atoms with E-state index < -0.39 is 5.91 Å². The summed E-state index contributed by atoms with van der Waals surface area (Å²) in [5, 5.41) is 19.5. The van der Waals surface area contributed by atoms with Crippen molar-refractivity contribution in [3.63, 3.8) is 0 Å². The molecule has 0 aliphatic carbocycles. The van der Waals surface area contributed by atoms with E-state index in [0.29, 0.717) is 11.5 Å². The number of ether oxygens (including phenoxy) is 2. The quantitative estimate of drug-likeness (QED) is 0.120. The van der Waals surface area contributed by atoms with Gasteiger partial charge in [-0.15, -0.1) is 16.4 Å². The Balaban J connectivity index is 1.17. The lowest BCUT2D eigenvalue weighted by Crippen LogP contribution is -2.21. The third kappa shape index (κ3) is 6.32. The van der Waals surface area contributed by atoms with Gasteiger partial charge < -0.3 is 15.2 Å². The molecule has 13 nitrogen and oxygen atoms in total. The highest BCUT2D eigenvalue weighted by Gasteiger charge is 2.24. The van der Waals surface area contributed by atoms with Crippen LogP contribution in [0.3, 0.4) is 0 Å². The summed E-state index contributed by atoms with van der Waals surface area (Å²) < 4.78 is 19.4. The van der Waals surface area contributed by atoms with Crippen molar-refractivity contribution in [2.24, 2.45) is 5.10 Å². The number of hydrazone groups is 1. The van der Waals surface area contributed by atoms with Crippen molar-refractivity contribution in [3.8, 4) is 17.3 Å². The van der Waals surface area contributed by atoms with Gasteiger partial charge in [-0.05, 0) is 58.3 Å². The van der Waals surface area contributed by atoms with Gasteiger partial charge in [0.25, 0.3) is 5.91 Å². The van der Waals surface area contributed by atoms with E-state index in [2.05, 4.69) is 42.2 Å². The lowest BCUT2D eigenvalue weighted by molar-refractivity contribution is 0.0947. The summed E-state index contributed by atoms with van der Waals surface area (Å²) >= 11 is 3.28. The molecule has 3 heterocycles. The number of carbonyl (C=O) groups excluding carboxylic acids is 1. The van der Waals surface area contributed by atoms with Crippen LogP contribution in [0.15, 0.2) is 86.9 Å². The van der Waals surface area contributed by atoms with Crippen molar-refractivity contribution in [3.05, 3.63) is 95.3 Å².